The SMILES string of the molecule is CCCCCCCCCCCCCCCCc1cnc(=O)[nH]c1N. The molecular weight excluding hydrogens is 298 g/mol. The van der Waals surface area contributed by atoms with Gasteiger partial charge in [0.2, 0.25) is 0 Å². The third-order valence-electron chi connectivity index (χ3n) is 4.72. The van der Waals surface area contributed by atoms with E-state index in [0.29, 0.717) is 5.82 Å². The van der Waals surface area contributed by atoms with E-state index in [1.807, 2.05) is 0 Å². The van der Waals surface area contributed by atoms with Crippen LogP contribution in [0.25, 0.3) is 0 Å². The number of rotatable bonds is 15. The number of aromatic nitrogens is 2. The molecule has 1 rings (SSSR count). The largest absolute Gasteiger partial charge is 0.385 e. The van der Waals surface area contributed by atoms with Crippen molar-refractivity contribution in [2.45, 2.75) is 103 Å². The molecule has 0 saturated heterocycles. The van der Waals surface area contributed by atoms with E-state index in [-0.39, 0.29) is 5.69 Å². The minimum atomic E-state index is -0.364. The second-order valence-electron chi connectivity index (χ2n) is 6.97. The average Bonchev–Trinajstić information content (AvgIpc) is 2.57. The molecule has 3 N–H and O–H groups in total. The van der Waals surface area contributed by atoms with Gasteiger partial charge in [0.1, 0.15) is 5.82 Å². The Morgan fingerprint density at radius 2 is 1.29 bits per heavy atom. The monoisotopic (exact) mass is 335 g/mol. The van der Waals surface area contributed by atoms with Gasteiger partial charge in [0.25, 0.3) is 0 Å². The Balaban J connectivity index is 1.84. The molecule has 0 aromatic carbocycles. The molecule has 0 radical (unpaired) electrons. The fraction of sp³-hybridized carbons (Fsp3) is 0.800. The number of nitrogen functional groups attached to an aromatic ring is 1. The summed E-state index contributed by atoms with van der Waals surface area (Å²) in [5.74, 6) is 0.477. The Labute approximate surface area is 147 Å². The number of nitrogens with two attached hydrogens (primary N) is 1. The highest BCUT2D eigenvalue weighted by Gasteiger charge is 2.01. The van der Waals surface area contributed by atoms with Gasteiger partial charge in [-0.2, -0.15) is 0 Å². The van der Waals surface area contributed by atoms with Crippen molar-refractivity contribution >= 4 is 5.82 Å². The van der Waals surface area contributed by atoms with Gasteiger partial charge >= 0.3 is 5.69 Å². The number of hydrogen-bond donors (Lipinski definition) is 2. The highest BCUT2D eigenvalue weighted by molar-refractivity contribution is 5.36. The van der Waals surface area contributed by atoms with Crippen molar-refractivity contribution in [2.75, 3.05) is 5.73 Å². The topological polar surface area (TPSA) is 71.8 Å². The standard InChI is InChI=1S/C20H37N3O/c1-2-3-4-5-6-7-8-9-10-11-12-13-14-15-16-18-17-22-20(24)23-19(18)21/h17H,2-16H2,1H3,(H3,21,22,23,24). The number of nitrogens with zero attached hydrogens (tertiary/aromatic N) is 1. The first-order chi connectivity index (χ1) is 11.7. The highest BCUT2D eigenvalue weighted by atomic mass is 16.1. The van der Waals surface area contributed by atoms with Crippen LogP contribution in [0.2, 0.25) is 0 Å². The molecule has 0 saturated carbocycles. The van der Waals surface area contributed by atoms with E-state index in [9.17, 15) is 4.79 Å². The molecular formula is C20H37N3O. The van der Waals surface area contributed by atoms with Crippen molar-refractivity contribution in [3.63, 3.8) is 0 Å². The van der Waals surface area contributed by atoms with Gasteiger partial charge in [-0.3, -0.25) is 4.98 Å². The van der Waals surface area contributed by atoms with Crippen LogP contribution in [0.4, 0.5) is 5.82 Å². The molecule has 0 amide bonds. The second-order valence-corrected chi connectivity index (χ2v) is 6.97. The molecule has 0 spiro atoms. The number of aryl methyl sites for hydroxylation is 1. The molecule has 0 fully saturated rings. The van der Waals surface area contributed by atoms with Crippen LogP contribution in [0.3, 0.4) is 0 Å². The molecule has 0 unspecified atom stereocenters. The molecule has 0 aliphatic carbocycles. The molecule has 0 atom stereocenters. The van der Waals surface area contributed by atoms with Gasteiger partial charge in [-0.1, -0.05) is 90.4 Å². The minimum absolute atomic E-state index is 0.364. The lowest BCUT2D eigenvalue weighted by atomic mass is 10.0. The van der Waals surface area contributed by atoms with Gasteiger partial charge in [-0.25, -0.2) is 9.78 Å². The van der Waals surface area contributed by atoms with Crippen molar-refractivity contribution in [1.82, 2.24) is 9.97 Å². The molecule has 0 bridgehead atoms. The van der Waals surface area contributed by atoms with Crippen LogP contribution < -0.4 is 11.4 Å². The first kappa shape index (κ1) is 20.7. The smallest absolute Gasteiger partial charge is 0.346 e. The Kier molecular flexibility index (Phi) is 12.1. The number of H-pyrrole nitrogens is 1. The maximum absolute atomic E-state index is 11.0. The molecule has 1 aromatic heterocycles. The molecule has 0 aliphatic heterocycles. The van der Waals surface area contributed by atoms with Crippen molar-refractivity contribution in [2.24, 2.45) is 0 Å². The van der Waals surface area contributed by atoms with Crippen LogP contribution in [0.1, 0.15) is 102 Å². The predicted molar refractivity (Wildman–Crippen MR) is 103 cm³/mol. The van der Waals surface area contributed by atoms with E-state index in [4.69, 9.17) is 5.73 Å². The lowest BCUT2D eigenvalue weighted by Gasteiger charge is -2.05. The van der Waals surface area contributed by atoms with Crippen molar-refractivity contribution in [1.29, 1.82) is 0 Å². The Bertz CT molecular complexity index is 470. The lowest BCUT2D eigenvalue weighted by molar-refractivity contribution is 0.535. The fourth-order valence-corrected chi connectivity index (χ4v) is 3.14. The first-order valence-electron chi connectivity index (χ1n) is 10.1. The maximum atomic E-state index is 11.0. The highest BCUT2D eigenvalue weighted by Crippen LogP contribution is 2.14. The van der Waals surface area contributed by atoms with Crippen LogP contribution in [0.15, 0.2) is 11.0 Å². The summed E-state index contributed by atoms with van der Waals surface area (Å²) in [7, 11) is 0. The third-order valence-corrected chi connectivity index (χ3v) is 4.72. The molecule has 0 aliphatic rings. The van der Waals surface area contributed by atoms with E-state index in [0.717, 1.165) is 18.4 Å². The molecule has 1 aromatic rings. The molecule has 24 heavy (non-hydrogen) atoms. The van der Waals surface area contributed by atoms with Crippen molar-refractivity contribution < 1.29 is 0 Å². The van der Waals surface area contributed by atoms with Crippen LogP contribution in [-0.4, -0.2) is 9.97 Å². The second kappa shape index (κ2) is 14.1. The average molecular weight is 336 g/mol. The zero-order valence-corrected chi connectivity index (χ0v) is 15.6. The van der Waals surface area contributed by atoms with Crippen LogP contribution in [0.5, 0.6) is 0 Å². The first-order valence-corrected chi connectivity index (χ1v) is 10.1. The van der Waals surface area contributed by atoms with Crippen molar-refractivity contribution in [3.05, 3.63) is 22.2 Å². The third kappa shape index (κ3) is 10.5. The van der Waals surface area contributed by atoms with Crippen LogP contribution in [0, 0.1) is 0 Å². The van der Waals surface area contributed by atoms with Crippen LogP contribution in [-0.2, 0) is 6.42 Å². The summed E-state index contributed by atoms with van der Waals surface area (Å²) in [5, 5.41) is 0. The molecule has 1 heterocycles. The Hall–Kier alpha value is -1.32. The summed E-state index contributed by atoms with van der Waals surface area (Å²) in [6, 6.07) is 0. The summed E-state index contributed by atoms with van der Waals surface area (Å²) in [5.41, 5.74) is 6.38. The number of anilines is 1. The van der Waals surface area contributed by atoms with Gasteiger partial charge in [0.05, 0.1) is 0 Å². The summed E-state index contributed by atoms with van der Waals surface area (Å²) in [4.78, 5) is 17.3. The molecule has 138 valence electrons. The van der Waals surface area contributed by atoms with Gasteiger partial charge in [0, 0.05) is 11.8 Å². The number of unbranched alkanes of at least 4 members (excludes halogenated alkanes) is 13. The summed E-state index contributed by atoms with van der Waals surface area (Å²) < 4.78 is 0. The zero-order valence-electron chi connectivity index (χ0n) is 15.6. The Morgan fingerprint density at radius 3 is 1.75 bits per heavy atom. The fourth-order valence-electron chi connectivity index (χ4n) is 3.14. The summed E-state index contributed by atoms with van der Waals surface area (Å²) in [6.45, 7) is 2.27. The van der Waals surface area contributed by atoms with Gasteiger partial charge < -0.3 is 5.73 Å². The quantitative estimate of drug-likeness (QED) is 0.423. The van der Waals surface area contributed by atoms with E-state index in [2.05, 4.69) is 16.9 Å². The van der Waals surface area contributed by atoms with E-state index >= 15 is 0 Å². The summed E-state index contributed by atoms with van der Waals surface area (Å²) >= 11 is 0. The van der Waals surface area contributed by atoms with Crippen molar-refractivity contribution in [3.8, 4) is 0 Å². The predicted octanol–water partition coefficient (Wildman–Crippen LogP) is 5.38. The Morgan fingerprint density at radius 1 is 0.833 bits per heavy atom. The lowest BCUT2D eigenvalue weighted by Crippen LogP contribution is -2.13. The number of hydrogen-bond acceptors (Lipinski definition) is 3. The van der Waals surface area contributed by atoms with E-state index in [1.165, 1.54) is 83.5 Å². The van der Waals surface area contributed by atoms with E-state index < -0.39 is 0 Å². The number of nitrogens with one attached hydrogen (secondary N) is 1. The summed E-state index contributed by atoms with van der Waals surface area (Å²) in [6.07, 6.45) is 21.6. The maximum Gasteiger partial charge on any atom is 0.346 e. The zero-order chi connectivity index (χ0) is 17.5. The number of aromatic amines is 1. The molecule has 4 nitrogen and oxygen atoms in total. The molecule has 4 heteroatoms. The van der Waals surface area contributed by atoms with Gasteiger partial charge in [0.15, 0.2) is 0 Å². The van der Waals surface area contributed by atoms with Gasteiger partial charge in [-0.05, 0) is 12.8 Å². The normalized spacial score (nSPS) is 11.0. The van der Waals surface area contributed by atoms with Crippen LogP contribution >= 0.6 is 0 Å². The van der Waals surface area contributed by atoms with E-state index in [1.54, 1.807) is 6.20 Å². The van der Waals surface area contributed by atoms with Gasteiger partial charge in [-0.15, -0.1) is 0 Å². The minimum Gasteiger partial charge on any atom is -0.385 e.